The third kappa shape index (κ3) is 4.20. The molecule has 3 aromatic rings. The minimum Gasteiger partial charge on any atom is -0.469 e. The molecule has 0 unspecified atom stereocenters. The number of methoxy groups -OCH3 is 1. The Hall–Kier alpha value is -3.48. The minimum absolute atomic E-state index is 0.0410. The van der Waals surface area contributed by atoms with Crippen LogP contribution < -0.4 is 5.56 Å². The van der Waals surface area contributed by atoms with Gasteiger partial charge >= 0.3 is 5.97 Å². The van der Waals surface area contributed by atoms with Crippen molar-refractivity contribution >= 4 is 11.7 Å². The van der Waals surface area contributed by atoms with Crippen molar-refractivity contribution < 1.29 is 9.53 Å². The molecule has 1 aromatic carbocycles. The van der Waals surface area contributed by atoms with Crippen LogP contribution in [0.25, 0.3) is 5.69 Å². The van der Waals surface area contributed by atoms with Gasteiger partial charge in [0.1, 0.15) is 0 Å². The Morgan fingerprint density at radius 3 is 2.67 bits per heavy atom. The van der Waals surface area contributed by atoms with E-state index in [2.05, 4.69) is 15.1 Å². The number of hydrogen-bond acceptors (Lipinski definition) is 5. The van der Waals surface area contributed by atoms with Crippen LogP contribution in [0.5, 0.6) is 0 Å². The number of nitrogens with zero attached hydrogens (tertiary/aromatic N) is 3. The number of nitrogens with one attached hydrogen (secondary N) is 1. The lowest BCUT2D eigenvalue weighted by molar-refractivity contribution is -0.139. The monoisotopic (exact) mass is 364 g/mol. The zero-order valence-corrected chi connectivity index (χ0v) is 15.2. The number of rotatable bonds is 6. The van der Waals surface area contributed by atoms with Crippen LogP contribution in [0.4, 0.5) is 0 Å². The fraction of sp³-hybridized carbons (Fsp3) is 0.200. The van der Waals surface area contributed by atoms with Gasteiger partial charge in [-0.15, -0.1) is 0 Å². The quantitative estimate of drug-likeness (QED) is 0.537. The van der Waals surface area contributed by atoms with Crippen molar-refractivity contribution in [2.45, 2.75) is 19.9 Å². The second-order valence-corrected chi connectivity index (χ2v) is 5.96. The van der Waals surface area contributed by atoms with Gasteiger partial charge in [-0.1, -0.05) is 24.3 Å². The Bertz CT molecular complexity index is 1000. The van der Waals surface area contributed by atoms with E-state index < -0.39 is 5.97 Å². The Morgan fingerprint density at radius 2 is 2.00 bits per heavy atom. The summed E-state index contributed by atoms with van der Waals surface area (Å²) in [5.74, 6) is -0.433. The molecule has 0 spiro atoms. The molecular formula is C20H20N4O3. The van der Waals surface area contributed by atoms with E-state index in [1.54, 1.807) is 19.3 Å². The molecule has 0 aliphatic heterocycles. The summed E-state index contributed by atoms with van der Waals surface area (Å²) in [4.78, 5) is 33.4. The third-order valence-electron chi connectivity index (χ3n) is 4.11. The van der Waals surface area contributed by atoms with Crippen LogP contribution in [0, 0.1) is 0 Å². The van der Waals surface area contributed by atoms with Gasteiger partial charge in [-0.3, -0.25) is 24.7 Å². The van der Waals surface area contributed by atoms with Crippen LogP contribution in [-0.4, -0.2) is 33.6 Å². The minimum atomic E-state index is -0.433. The van der Waals surface area contributed by atoms with E-state index in [1.807, 2.05) is 42.5 Å². The maximum absolute atomic E-state index is 13.0. The van der Waals surface area contributed by atoms with Crippen LogP contribution in [0.2, 0.25) is 0 Å². The van der Waals surface area contributed by atoms with E-state index in [1.165, 1.54) is 11.8 Å². The highest BCUT2D eigenvalue weighted by atomic mass is 16.5. The summed E-state index contributed by atoms with van der Waals surface area (Å²) >= 11 is 0. The SMILES string of the molecule is COC(=O)Cc1[nH]n(-c2ccccc2)c(=O)c1C(C)=NCc1cccnc1. The van der Waals surface area contributed by atoms with Gasteiger partial charge in [-0.2, -0.15) is 0 Å². The van der Waals surface area contributed by atoms with Gasteiger partial charge in [0, 0.05) is 18.1 Å². The molecular weight excluding hydrogens is 344 g/mol. The number of hydrogen-bond donors (Lipinski definition) is 1. The van der Waals surface area contributed by atoms with E-state index in [0.717, 1.165) is 5.56 Å². The number of aromatic amines is 1. The maximum atomic E-state index is 13.0. The molecule has 0 amide bonds. The number of H-pyrrole nitrogens is 1. The second kappa shape index (κ2) is 8.27. The van der Waals surface area contributed by atoms with Gasteiger partial charge < -0.3 is 4.74 Å². The fourth-order valence-electron chi connectivity index (χ4n) is 2.74. The van der Waals surface area contributed by atoms with Crippen molar-refractivity contribution in [1.29, 1.82) is 0 Å². The number of benzene rings is 1. The van der Waals surface area contributed by atoms with Crippen molar-refractivity contribution in [2.24, 2.45) is 4.99 Å². The molecule has 27 heavy (non-hydrogen) atoms. The van der Waals surface area contributed by atoms with Gasteiger partial charge in [0.05, 0.1) is 37.0 Å². The van der Waals surface area contributed by atoms with Gasteiger partial charge in [0.15, 0.2) is 0 Å². The molecule has 0 aliphatic carbocycles. The number of aromatic nitrogens is 3. The smallest absolute Gasteiger partial charge is 0.311 e. The number of ether oxygens (including phenoxy) is 1. The van der Waals surface area contributed by atoms with Crippen LogP contribution >= 0.6 is 0 Å². The van der Waals surface area contributed by atoms with Crippen LogP contribution in [0.15, 0.2) is 64.6 Å². The normalized spacial score (nSPS) is 11.4. The number of aliphatic imine (C=N–C) groups is 1. The lowest BCUT2D eigenvalue weighted by Crippen LogP contribution is -2.20. The molecule has 0 saturated heterocycles. The largest absolute Gasteiger partial charge is 0.469 e. The predicted octanol–water partition coefficient (Wildman–Crippen LogP) is 2.29. The van der Waals surface area contributed by atoms with Gasteiger partial charge in [0.25, 0.3) is 5.56 Å². The van der Waals surface area contributed by atoms with E-state index in [4.69, 9.17) is 4.74 Å². The summed E-state index contributed by atoms with van der Waals surface area (Å²) in [6.07, 6.45) is 3.38. The van der Waals surface area contributed by atoms with Crippen molar-refractivity contribution in [1.82, 2.24) is 14.8 Å². The van der Waals surface area contributed by atoms with E-state index in [0.29, 0.717) is 29.2 Å². The Labute approximate surface area is 156 Å². The first-order valence-electron chi connectivity index (χ1n) is 8.46. The summed E-state index contributed by atoms with van der Waals surface area (Å²) in [6.45, 7) is 2.16. The lowest BCUT2D eigenvalue weighted by atomic mass is 10.1. The van der Waals surface area contributed by atoms with Crippen LogP contribution in [-0.2, 0) is 22.5 Å². The molecule has 0 aliphatic rings. The summed E-state index contributed by atoms with van der Waals surface area (Å²) in [5, 5.41) is 3.02. The molecule has 138 valence electrons. The molecule has 7 heteroatoms. The number of esters is 1. The standard InChI is InChI=1S/C20H20N4O3/c1-14(22-13-15-7-6-10-21-12-15)19-17(11-18(25)27-2)23-24(20(19)26)16-8-4-3-5-9-16/h3-10,12,23H,11,13H2,1-2H3. The van der Waals surface area contributed by atoms with Crippen LogP contribution in [0.1, 0.15) is 23.7 Å². The first-order valence-corrected chi connectivity index (χ1v) is 8.46. The van der Waals surface area contributed by atoms with E-state index in [-0.39, 0.29) is 12.0 Å². The van der Waals surface area contributed by atoms with Gasteiger partial charge in [0.2, 0.25) is 0 Å². The number of pyridine rings is 1. The molecule has 0 bridgehead atoms. The Morgan fingerprint density at radius 1 is 1.22 bits per heavy atom. The zero-order valence-electron chi connectivity index (χ0n) is 15.2. The predicted molar refractivity (Wildman–Crippen MR) is 102 cm³/mol. The highest BCUT2D eigenvalue weighted by Gasteiger charge is 2.20. The number of para-hydroxylation sites is 1. The Balaban J connectivity index is 2.02. The van der Waals surface area contributed by atoms with E-state index >= 15 is 0 Å². The van der Waals surface area contributed by atoms with Gasteiger partial charge in [-0.25, -0.2) is 4.68 Å². The highest BCUT2D eigenvalue weighted by molar-refractivity contribution is 6.00. The fourth-order valence-corrected chi connectivity index (χ4v) is 2.74. The molecule has 1 N–H and O–H groups in total. The molecule has 7 nitrogen and oxygen atoms in total. The van der Waals surface area contributed by atoms with Crippen LogP contribution in [0.3, 0.4) is 0 Å². The summed E-state index contributed by atoms with van der Waals surface area (Å²) in [5.41, 5.74) is 2.77. The average molecular weight is 364 g/mol. The van der Waals surface area contributed by atoms with Gasteiger partial charge in [-0.05, 0) is 30.7 Å². The third-order valence-corrected chi connectivity index (χ3v) is 4.11. The highest BCUT2D eigenvalue weighted by Crippen LogP contribution is 2.11. The van der Waals surface area contributed by atoms with Crippen molar-refractivity contribution in [3.8, 4) is 5.69 Å². The summed E-state index contributed by atoms with van der Waals surface area (Å²) < 4.78 is 6.17. The average Bonchev–Trinajstić information content (AvgIpc) is 3.03. The summed E-state index contributed by atoms with van der Waals surface area (Å²) in [6, 6.07) is 12.9. The first kappa shape index (κ1) is 18.3. The lowest BCUT2D eigenvalue weighted by Gasteiger charge is -2.02. The summed E-state index contributed by atoms with van der Waals surface area (Å²) in [7, 11) is 1.32. The number of carbonyl (C=O) groups is 1. The molecule has 0 atom stereocenters. The molecule has 2 aromatic heterocycles. The number of carbonyl (C=O) groups excluding carboxylic acids is 1. The van der Waals surface area contributed by atoms with Crippen molar-refractivity contribution in [2.75, 3.05) is 7.11 Å². The topological polar surface area (TPSA) is 89.3 Å². The second-order valence-electron chi connectivity index (χ2n) is 5.96. The molecule has 0 fully saturated rings. The first-order chi connectivity index (χ1) is 13.1. The molecule has 0 radical (unpaired) electrons. The molecule has 3 rings (SSSR count). The van der Waals surface area contributed by atoms with Crippen molar-refractivity contribution in [3.63, 3.8) is 0 Å². The zero-order chi connectivity index (χ0) is 19.2. The molecule has 0 saturated carbocycles. The molecule has 2 heterocycles. The Kier molecular flexibility index (Phi) is 5.61. The maximum Gasteiger partial charge on any atom is 0.311 e. The van der Waals surface area contributed by atoms with E-state index in [9.17, 15) is 9.59 Å². The van der Waals surface area contributed by atoms with Crippen molar-refractivity contribution in [3.05, 3.63) is 82.0 Å².